The minimum atomic E-state index is -0.306. The quantitative estimate of drug-likeness (QED) is 0.681. The van der Waals surface area contributed by atoms with E-state index in [0.717, 1.165) is 16.9 Å². The first kappa shape index (κ1) is 17.2. The molecule has 4 rings (SSSR count). The molecule has 2 aromatic carbocycles. The Morgan fingerprint density at radius 3 is 2.67 bits per heavy atom. The number of halogens is 1. The minimum absolute atomic E-state index is 0.189. The number of pyridine rings is 1. The molecule has 0 radical (unpaired) electrons. The van der Waals surface area contributed by atoms with Crippen molar-refractivity contribution < 1.29 is 14.3 Å². The van der Waals surface area contributed by atoms with Gasteiger partial charge in [0, 0.05) is 22.5 Å². The topological polar surface area (TPSA) is 72.5 Å². The number of hydrogen-bond donors (Lipinski definition) is 2. The highest BCUT2D eigenvalue weighted by atomic mass is 35.5. The second-order valence-electron chi connectivity index (χ2n) is 6.04. The molecule has 2 heterocycles. The number of nitrogens with zero attached hydrogens (tertiary/aromatic N) is 1. The van der Waals surface area contributed by atoms with Crippen molar-refractivity contribution in [3.05, 3.63) is 71.0 Å². The van der Waals surface area contributed by atoms with E-state index in [-0.39, 0.29) is 12.7 Å². The highest BCUT2D eigenvalue weighted by Gasteiger charge is 2.15. The van der Waals surface area contributed by atoms with Crippen molar-refractivity contribution >= 4 is 34.6 Å². The van der Waals surface area contributed by atoms with Gasteiger partial charge in [0.05, 0.1) is 11.9 Å². The fourth-order valence-electron chi connectivity index (χ4n) is 2.66. The van der Waals surface area contributed by atoms with Gasteiger partial charge < -0.3 is 20.1 Å². The molecule has 6 nitrogen and oxygen atoms in total. The minimum Gasteiger partial charge on any atom is -0.454 e. The van der Waals surface area contributed by atoms with Crippen molar-refractivity contribution in [2.24, 2.45) is 0 Å². The third-order valence-electron chi connectivity index (χ3n) is 4.11. The third-order valence-corrected chi connectivity index (χ3v) is 4.34. The van der Waals surface area contributed by atoms with Crippen molar-refractivity contribution in [1.82, 2.24) is 4.98 Å². The van der Waals surface area contributed by atoms with Crippen molar-refractivity contribution in [2.45, 2.75) is 6.92 Å². The van der Waals surface area contributed by atoms with Gasteiger partial charge in [-0.25, -0.2) is 4.98 Å². The molecule has 0 atom stereocenters. The average Bonchev–Trinajstić information content (AvgIpc) is 3.13. The fraction of sp³-hybridized carbons (Fsp3) is 0.100. The van der Waals surface area contributed by atoms with Crippen LogP contribution in [-0.4, -0.2) is 17.7 Å². The maximum absolute atomic E-state index is 12.4. The fourth-order valence-corrected chi connectivity index (χ4v) is 2.83. The van der Waals surface area contributed by atoms with Gasteiger partial charge in [0.15, 0.2) is 11.5 Å². The van der Waals surface area contributed by atoms with Gasteiger partial charge in [-0.05, 0) is 48.9 Å². The summed E-state index contributed by atoms with van der Waals surface area (Å²) in [6.07, 6.45) is 1.61. The first-order chi connectivity index (χ1) is 13.1. The number of aryl methyl sites for hydroxylation is 1. The van der Waals surface area contributed by atoms with E-state index >= 15 is 0 Å². The molecular weight excluding hydrogens is 366 g/mol. The molecule has 0 aliphatic carbocycles. The third kappa shape index (κ3) is 3.80. The van der Waals surface area contributed by atoms with E-state index in [9.17, 15) is 4.79 Å². The smallest absolute Gasteiger partial charge is 0.274 e. The van der Waals surface area contributed by atoms with Crippen LogP contribution in [0.25, 0.3) is 0 Å². The molecule has 0 saturated carbocycles. The maximum atomic E-state index is 12.4. The van der Waals surface area contributed by atoms with Crippen molar-refractivity contribution in [3.8, 4) is 11.5 Å². The molecule has 1 aliphatic rings. The SMILES string of the molecule is Cc1ccc(Cl)cc1Nc1ccc(C(=O)Nc2ccc3c(c2)OCO3)nc1. The lowest BCUT2D eigenvalue weighted by Gasteiger charge is -2.10. The van der Waals surface area contributed by atoms with Crippen LogP contribution in [0.15, 0.2) is 54.7 Å². The summed E-state index contributed by atoms with van der Waals surface area (Å²) in [6, 6.07) is 14.3. The molecule has 0 unspecified atom stereocenters. The molecule has 3 aromatic rings. The normalized spacial score (nSPS) is 11.9. The number of fused-ring (bicyclic) bond motifs is 1. The van der Waals surface area contributed by atoms with E-state index in [2.05, 4.69) is 15.6 Å². The predicted molar refractivity (Wildman–Crippen MR) is 104 cm³/mol. The lowest BCUT2D eigenvalue weighted by Crippen LogP contribution is -2.13. The number of hydrogen-bond acceptors (Lipinski definition) is 5. The highest BCUT2D eigenvalue weighted by molar-refractivity contribution is 6.30. The summed E-state index contributed by atoms with van der Waals surface area (Å²) in [7, 11) is 0. The van der Waals surface area contributed by atoms with Gasteiger partial charge in [-0.15, -0.1) is 0 Å². The zero-order valence-corrected chi connectivity index (χ0v) is 15.2. The zero-order chi connectivity index (χ0) is 18.8. The molecule has 1 aliphatic heterocycles. The first-order valence-corrected chi connectivity index (χ1v) is 8.66. The molecule has 7 heteroatoms. The summed E-state index contributed by atoms with van der Waals surface area (Å²) < 4.78 is 10.6. The predicted octanol–water partition coefficient (Wildman–Crippen LogP) is 4.77. The molecule has 136 valence electrons. The van der Waals surface area contributed by atoms with Crippen LogP contribution in [0.2, 0.25) is 5.02 Å². The van der Waals surface area contributed by atoms with Crippen LogP contribution in [0.4, 0.5) is 17.1 Å². The van der Waals surface area contributed by atoms with Gasteiger partial charge >= 0.3 is 0 Å². The van der Waals surface area contributed by atoms with Crippen molar-refractivity contribution in [2.75, 3.05) is 17.4 Å². The molecule has 1 amide bonds. The lowest BCUT2D eigenvalue weighted by atomic mass is 10.2. The number of carbonyl (C=O) groups excluding carboxylic acids is 1. The van der Waals surface area contributed by atoms with Gasteiger partial charge in [-0.3, -0.25) is 4.79 Å². The van der Waals surface area contributed by atoms with Gasteiger partial charge in [0.25, 0.3) is 5.91 Å². The Morgan fingerprint density at radius 1 is 1.04 bits per heavy atom. The van der Waals surface area contributed by atoms with E-state index in [4.69, 9.17) is 21.1 Å². The number of anilines is 3. The van der Waals surface area contributed by atoms with Crippen molar-refractivity contribution in [3.63, 3.8) is 0 Å². The van der Waals surface area contributed by atoms with Gasteiger partial charge in [-0.2, -0.15) is 0 Å². The number of benzene rings is 2. The van der Waals surface area contributed by atoms with E-state index in [1.165, 1.54) is 0 Å². The molecule has 0 bridgehead atoms. The number of nitrogens with one attached hydrogen (secondary N) is 2. The summed E-state index contributed by atoms with van der Waals surface area (Å²) in [5.41, 5.74) is 3.63. The standard InChI is InChI=1S/C20H16ClN3O3/c1-12-2-3-13(21)8-17(12)23-15-4-6-16(22-10-15)20(25)24-14-5-7-18-19(9-14)27-11-26-18/h2-10,23H,11H2,1H3,(H,24,25). The largest absolute Gasteiger partial charge is 0.454 e. The Labute approximate surface area is 161 Å². The van der Waals surface area contributed by atoms with E-state index in [1.807, 2.05) is 25.1 Å². The summed E-state index contributed by atoms with van der Waals surface area (Å²) in [5, 5.41) is 6.70. The molecular formula is C20H16ClN3O3. The van der Waals surface area contributed by atoms with E-state index < -0.39 is 0 Å². The lowest BCUT2D eigenvalue weighted by molar-refractivity contribution is 0.102. The Kier molecular flexibility index (Phi) is 4.56. The summed E-state index contributed by atoms with van der Waals surface area (Å²) in [4.78, 5) is 16.6. The Hall–Kier alpha value is -3.25. The molecule has 0 saturated heterocycles. The van der Waals surface area contributed by atoms with Crippen LogP contribution in [0.3, 0.4) is 0 Å². The van der Waals surface area contributed by atoms with Crippen LogP contribution in [0, 0.1) is 6.92 Å². The Morgan fingerprint density at radius 2 is 1.85 bits per heavy atom. The highest BCUT2D eigenvalue weighted by Crippen LogP contribution is 2.34. The molecule has 2 N–H and O–H groups in total. The zero-order valence-electron chi connectivity index (χ0n) is 14.5. The number of ether oxygens (including phenoxy) is 2. The summed E-state index contributed by atoms with van der Waals surface area (Å²) in [6.45, 7) is 2.17. The number of amides is 1. The van der Waals surface area contributed by atoms with Crippen LogP contribution in [0.5, 0.6) is 11.5 Å². The average molecular weight is 382 g/mol. The first-order valence-electron chi connectivity index (χ1n) is 8.29. The van der Waals surface area contributed by atoms with Crippen molar-refractivity contribution in [1.29, 1.82) is 0 Å². The van der Waals surface area contributed by atoms with Crippen LogP contribution in [0.1, 0.15) is 16.1 Å². The molecule has 0 spiro atoms. The number of rotatable bonds is 4. The van der Waals surface area contributed by atoms with Crippen LogP contribution >= 0.6 is 11.6 Å². The maximum Gasteiger partial charge on any atom is 0.274 e. The Balaban J connectivity index is 1.45. The van der Waals surface area contributed by atoms with Gasteiger partial charge in [-0.1, -0.05) is 17.7 Å². The van der Waals surface area contributed by atoms with Crippen LogP contribution in [-0.2, 0) is 0 Å². The van der Waals surface area contributed by atoms with Gasteiger partial charge in [0.1, 0.15) is 5.69 Å². The van der Waals surface area contributed by atoms with Gasteiger partial charge in [0.2, 0.25) is 6.79 Å². The Bertz CT molecular complexity index is 1010. The molecule has 0 fully saturated rings. The molecule has 1 aromatic heterocycles. The molecule has 27 heavy (non-hydrogen) atoms. The summed E-state index contributed by atoms with van der Waals surface area (Å²) in [5.74, 6) is 0.967. The van der Waals surface area contributed by atoms with Crippen LogP contribution < -0.4 is 20.1 Å². The monoisotopic (exact) mass is 381 g/mol. The number of aromatic nitrogens is 1. The second kappa shape index (κ2) is 7.17. The second-order valence-corrected chi connectivity index (χ2v) is 6.47. The number of carbonyl (C=O) groups is 1. The van der Waals surface area contributed by atoms with E-state index in [1.54, 1.807) is 36.5 Å². The van der Waals surface area contributed by atoms with E-state index in [0.29, 0.717) is 27.9 Å². The summed E-state index contributed by atoms with van der Waals surface area (Å²) >= 11 is 6.04.